The Labute approximate surface area is 116 Å². The van der Waals surface area contributed by atoms with E-state index in [9.17, 15) is 4.79 Å². The van der Waals surface area contributed by atoms with Gasteiger partial charge in [0.15, 0.2) is 0 Å². The highest BCUT2D eigenvalue weighted by molar-refractivity contribution is 5.89. The molecule has 1 aliphatic rings. The van der Waals surface area contributed by atoms with Gasteiger partial charge >= 0.3 is 0 Å². The predicted molar refractivity (Wildman–Crippen MR) is 74.7 cm³/mol. The van der Waals surface area contributed by atoms with Gasteiger partial charge in [0.2, 0.25) is 5.91 Å². The molecule has 0 spiro atoms. The molecule has 5 heteroatoms. The van der Waals surface area contributed by atoms with Gasteiger partial charge in [0, 0.05) is 31.5 Å². The molecule has 0 bridgehead atoms. The van der Waals surface area contributed by atoms with Gasteiger partial charge in [-0.15, -0.1) is 0 Å². The van der Waals surface area contributed by atoms with E-state index in [0.717, 1.165) is 6.42 Å². The first-order valence-corrected chi connectivity index (χ1v) is 7.15. The van der Waals surface area contributed by atoms with Crippen LogP contribution in [-0.2, 0) is 9.53 Å². The Bertz CT molecular complexity index is 314. The summed E-state index contributed by atoms with van der Waals surface area (Å²) in [6.07, 6.45) is 1.44. The Kier molecular flexibility index (Phi) is 5.35. The molecule has 1 aliphatic carbocycles. The number of nitrogens with zero attached hydrogens (tertiary/aromatic N) is 1. The number of nitrogens with two attached hydrogens (primary N) is 1. The SMILES string of the molecule is CCCN(CCO)C(=O)C1(N)CC(OCC)C1(C)C. The van der Waals surface area contributed by atoms with Gasteiger partial charge in [-0.25, -0.2) is 0 Å². The minimum Gasteiger partial charge on any atom is -0.395 e. The Balaban J connectivity index is 2.80. The number of hydrogen-bond acceptors (Lipinski definition) is 4. The highest BCUT2D eigenvalue weighted by Crippen LogP contribution is 2.50. The lowest BCUT2D eigenvalue weighted by Gasteiger charge is -2.58. The Morgan fingerprint density at radius 3 is 2.47 bits per heavy atom. The first-order valence-electron chi connectivity index (χ1n) is 7.15. The van der Waals surface area contributed by atoms with Crippen molar-refractivity contribution in [3.8, 4) is 0 Å². The number of aliphatic hydroxyl groups is 1. The summed E-state index contributed by atoms with van der Waals surface area (Å²) in [4.78, 5) is 14.3. The van der Waals surface area contributed by atoms with E-state index >= 15 is 0 Å². The number of rotatable bonds is 7. The van der Waals surface area contributed by atoms with Gasteiger partial charge in [0.05, 0.1) is 12.7 Å². The van der Waals surface area contributed by atoms with E-state index in [2.05, 4.69) is 0 Å². The van der Waals surface area contributed by atoms with E-state index in [0.29, 0.717) is 26.1 Å². The molecule has 112 valence electrons. The third-order valence-electron chi connectivity index (χ3n) is 4.36. The summed E-state index contributed by atoms with van der Waals surface area (Å²) in [7, 11) is 0. The average Bonchev–Trinajstić information content (AvgIpc) is 2.37. The second-order valence-corrected chi connectivity index (χ2v) is 5.86. The summed E-state index contributed by atoms with van der Waals surface area (Å²) in [5, 5.41) is 9.08. The summed E-state index contributed by atoms with van der Waals surface area (Å²) in [5.74, 6) is -0.0654. The summed E-state index contributed by atoms with van der Waals surface area (Å²) in [5.41, 5.74) is 5.10. The standard InChI is InChI=1S/C14H28N2O3/c1-5-7-16(8-9-17)12(18)14(15)10-11(19-6-2)13(14,3)4/h11,17H,5-10,15H2,1-4H3. The summed E-state index contributed by atoms with van der Waals surface area (Å²) >= 11 is 0. The molecule has 0 aromatic carbocycles. The van der Waals surface area contributed by atoms with Crippen LogP contribution >= 0.6 is 0 Å². The fourth-order valence-corrected chi connectivity index (χ4v) is 2.79. The van der Waals surface area contributed by atoms with Crippen molar-refractivity contribution in [1.82, 2.24) is 4.90 Å². The van der Waals surface area contributed by atoms with Gasteiger partial charge in [-0.1, -0.05) is 20.8 Å². The van der Waals surface area contributed by atoms with Gasteiger partial charge in [0.25, 0.3) is 0 Å². The fraction of sp³-hybridized carbons (Fsp3) is 0.929. The average molecular weight is 272 g/mol. The smallest absolute Gasteiger partial charge is 0.243 e. The second-order valence-electron chi connectivity index (χ2n) is 5.86. The van der Waals surface area contributed by atoms with Crippen molar-refractivity contribution in [3.05, 3.63) is 0 Å². The van der Waals surface area contributed by atoms with E-state index in [-0.39, 0.29) is 24.0 Å². The summed E-state index contributed by atoms with van der Waals surface area (Å²) in [6, 6.07) is 0. The molecule has 2 unspecified atom stereocenters. The highest BCUT2D eigenvalue weighted by Gasteiger charge is 2.63. The Morgan fingerprint density at radius 2 is 2.05 bits per heavy atom. The van der Waals surface area contributed by atoms with E-state index < -0.39 is 5.54 Å². The van der Waals surface area contributed by atoms with Crippen LogP contribution in [0, 0.1) is 5.41 Å². The van der Waals surface area contributed by atoms with Crippen LogP contribution in [0.2, 0.25) is 0 Å². The number of carbonyl (C=O) groups excluding carboxylic acids is 1. The first kappa shape index (κ1) is 16.4. The van der Waals surface area contributed by atoms with Gasteiger partial charge in [-0.2, -0.15) is 0 Å². The lowest BCUT2D eigenvalue weighted by atomic mass is 9.54. The zero-order chi connectivity index (χ0) is 14.7. The van der Waals surface area contributed by atoms with Crippen LogP contribution in [0.25, 0.3) is 0 Å². The lowest BCUT2D eigenvalue weighted by Crippen LogP contribution is -2.76. The van der Waals surface area contributed by atoms with E-state index in [1.54, 1.807) is 4.90 Å². The van der Waals surface area contributed by atoms with Crippen LogP contribution in [0.3, 0.4) is 0 Å². The minimum absolute atomic E-state index is 0.0306. The van der Waals surface area contributed by atoms with Crippen molar-refractivity contribution in [2.45, 2.75) is 52.2 Å². The number of carbonyl (C=O) groups is 1. The normalized spacial score (nSPS) is 28.8. The quantitative estimate of drug-likeness (QED) is 0.717. The molecule has 0 aliphatic heterocycles. The monoisotopic (exact) mass is 272 g/mol. The summed E-state index contributed by atoms with van der Waals surface area (Å²) in [6.45, 7) is 9.51. The van der Waals surface area contributed by atoms with Crippen molar-refractivity contribution in [2.75, 3.05) is 26.3 Å². The Morgan fingerprint density at radius 1 is 1.42 bits per heavy atom. The van der Waals surface area contributed by atoms with Gasteiger partial charge in [0.1, 0.15) is 5.54 Å². The maximum Gasteiger partial charge on any atom is 0.243 e. The first-order chi connectivity index (χ1) is 8.85. The molecule has 1 amide bonds. The van der Waals surface area contributed by atoms with Crippen LogP contribution in [0.5, 0.6) is 0 Å². The molecule has 0 aromatic heterocycles. The largest absolute Gasteiger partial charge is 0.395 e. The van der Waals surface area contributed by atoms with Crippen LogP contribution in [0.15, 0.2) is 0 Å². The van der Waals surface area contributed by atoms with Crippen molar-refractivity contribution < 1.29 is 14.6 Å². The van der Waals surface area contributed by atoms with Crippen molar-refractivity contribution in [1.29, 1.82) is 0 Å². The molecule has 0 aromatic rings. The van der Waals surface area contributed by atoms with E-state index in [4.69, 9.17) is 15.6 Å². The molecule has 0 saturated heterocycles. The molecule has 0 heterocycles. The maximum absolute atomic E-state index is 12.6. The molecule has 5 nitrogen and oxygen atoms in total. The fourth-order valence-electron chi connectivity index (χ4n) is 2.79. The molecule has 2 atom stereocenters. The predicted octanol–water partition coefficient (Wildman–Crippen LogP) is 0.750. The lowest BCUT2D eigenvalue weighted by molar-refractivity contribution is -0.179. The number of hydrogen-bond donors (Lipinski definition) is 2. The molecule has 3 N–H and O–H groups in total. The Hall–Kier alpha value is -0.650. The zero-order valence-corrected chi connectivity index (χ0v) is 12.6. The molecule has 1 saturated carbocycles. The third-order valence-corrected chi connectivity index (χ3v) is 4.36. The van der Waals surface area contributed by atoms with Crippen LogP contribution in [-0.4, -0.2) is 53.9 Å². The van der Waals surface area contributed by atoms with Crippen molar-refractivity contribution in [3.63, 3.8) is 0 Å². The molecule has 19 heavy (non-hydrogen) atoms. The van der Waals surface area contributed by atoms with Crippen LogP contribution < -0.4 is 5.73 Å². The highest BCUT2D eigenvalue weighted by atomic mass is 16.5. The minimum atomic E-state index is -0.878. The maximum atomic E-state index is 12.6. The molecular weight excluding hydrogens is 244 g/mol. The number of amides is 1. The second kappa shape index (κ2) is 6.20. The topological polar surface area (TPSA) is 75.8 Å². The van der Waals surface area contributed by atoms with Gasteiger partial charge in [-0.3, -0.25) is 4.79 Å². The van der Waals surface area contributed by atoms with E-state index in [1.165, 1.54) is 0 Å². The third kappa shape index (κ3) is 2.78. The van der Waals surface area contributed by atoms with E-state index in [1.807, 2.05) is 27.7 Å². The van der Waals surface area contributed by atoms with Crippen LogP contribution in [0.4, 0.5) is 0 Å². The zero-order valence-electron chi connectivity index (χ0n) is 12.6. The van der Waals surface area contributed by atoms with Crippen molar-refractivity contribution >= 4 is 5.91 Å². The number of ether oxygens (including phenoxy) is 1. The van der Waals surface area contributed by atoms with Crippen molar-refractivity contribution in [2.24, 2.45) is 11.1 Å². The number of aliphatic hydroxyl groups excluding tert-OH is 1. The molecule has 1 fully saturated rings. The molecule has 0 radical (unpaired) electrons. The van der Waals surface area contributed by atoms with Crippen LogP contribution in [0.1, 0.15) is 40.5 Å². The molecular formula is C14H28N2O3. The molecule has 1 rings (SSSR count). The summed E-state index contributed by atoms with van der Waals surface area (Å²) < 4.78 is 5.64. The van der Waals surface area contributed by atoms with Gasteiger partial charge in [-0.05, 0) is 13.3 Å². The van der Waals surface area contributed by atoms with Gasteiger partial charge < -0.3 is 20.5 Å².